The van der Waals surface area contributed by atoms with E-state index >= 15 is 0 Å². The first kappa shape index (κ1) is 13.9. The summed E-state index contributed by atoms with van der Waals surface area (Å²) in [5.74, 6) is 0.865. The number of hydrogen-bond acceptors (Lipinski definition) is 4. The van der Waals surface area contributed by atoms with E-state index < -0.39 is 5.41 Å². The largest absolute Gasteiger partial charge is 0.496 e. The molecule has 1 aromatic rings. The minimum atomic E-state index is -0.713. The molecule has 1 aliphatic rings. The molecule has 104 valence electrons. The van der Waals surface area contributed by atoms with Crippen molar-refractivity contribution in [1.29, 1.82) is 0 Å². The van der Waals surface area contributed by atoms with Crippen LogP contribution in [-0.4, -0.2) is 33.4 Å². The lowest BCUT2D eigenvalue weighted by Gasteiger charge is -2.39. The van der Waals surface area contributed by atoms with Gasteiger partial charge in [-0.25, -0.2) is 0 Å². The molecule has 0 spiro atoms. The van der Waals surface area contributed by atoms with Crippen molar-refractivity contribution >= 4 is 5.97 Å². The summed E-state index contributed by atoms with van der Waals surface area (Å²) < 4.78 is 15.6. The topological polar surface area (TPSA) is 44.8 Å². The molecule has 1 saturated heterocycles. The predicted octanol–water partition coefficient (Wildman–Crippen LogP) is 2.26. The Kier molecular flexibility index (Phi) is 3.80. The average Bonchev–Trinajstić information content (AvgIpc) is 2.37. The van der Waals surface area contributed by atoms with Gasteiger partial charge in [0.2, 0.25) is 0 Å². The SMILES string of the molecule is COC(=O)C1(c2ccc(C(C)C)cc2OC)COC1. The molecule has 1 aliphatic heterocycles. The van der Waals surface area contributed by atoms with E-state index in [4.69, 9.17) is 14.2 Å². The number of ether oxygens (including phenoxy) is 3. The van der Waals surface area contributed by atoms with Crippen LogP contribution in [0.4, 0.5) is 0 Å². The van der Waals surface area contributed by atoms with E-state index in [1.807, 2.05) is 18.2 Å². The second-order valence-corrected chi connectivity index (χ2v) is 5.18. The number of hydrogen-bond donors (Lipinski definition) is 0. The maximum Gasteiger partial charge on any atom is 0.321 e. The van der Waals surface area contributed by atoms with Gasteiger partial charge in [-0.3, -0.25) is 4.79 Å². The summed E-state index contributed by atoms with van der Waals surface area (Å²) in [6.07, 6.45) is 0. The van der Waals surface area contributed by atoms with Crippen molar-refractivity contribution in [3.05, 3.63) is 29.3 Å². The molecule has 0 amide bonds. The molecule has 1 fully saturated rings. The highest BCUT2D eigenvalue weighted by Crippen LogP contribution is 2.40. The van der Waals surface area contributed by atoms with E-state index in [1.165, 1.54) is 12.7 Å². The minimum Gasteiger partial charge on any atom is -0.496 e. The number of esters is 1. The van der Waals surface area contributed by atoms with Crippen LogP contribution in [0.5, 0.6) is 5.75 Å². The third-order valence-electron chi connectivity index (χ3n) is 3.68. The number of carbonyl (C=O) groups is 1. The van der Waals surface area contributed by atoms with Crippen molar-refractivity contribution in [3.63, 3.8) is 0 Å². The Bertz CT molecular complexity index is 475. The fourth-order valence-electron chi connectivity index (χ4n) is 2.35. The Morgan fingerprint density at radius 2 is 2.00 bits per heavy atom. The maximum absolute atomic E-state index is 12.0. The van der Waals surface area contributed by atoms with Crippen LogP contribution >= 0.6 is 0 Å². The molecule has 1 heterocycles. The average molecular weight is 264 g/mol. The van der Waals surface area contributed by atoms with Crippen LogP contribution in [0.1, 0.15) is 30.9 Å². The zero-order chi connectivity index (χ0) is 14.0. The van der Waals surface area contributed by atoms with Gasteiger partial charge in [0.25, 0.3) is 0 Å². The normalized spacial score (nSPS) is 16.9. The van der Waals surface area contributed by atoms with Crippen molar-refractivity contribution in [1.82, 2.24) is 0 Å². The highest BCUT2D eigenvalue weighted by molar-refractivity contribution is 5.85. The van der Waals surface area contributed by atoms with Gasteiger partial charge in [0.15, 0.2) is 0 Å². The summed E-state index contributed by atoms with van der Waals surface area (Å²) in [5.41, 5.74) is 1.31. The minimum absolute atomic E-state index is 0.269. The highest BCUT2D eigenvalue weighted by Gasteiger charge is 2.50. The van der Waals surface area contributed by atoms with Gasteiger partial charge in [-0.1, -0.05) is 26.0 Å². The number of methoxy groups -OCH3 is 2. The fourth-order valence-corrected chi connectivity index (χ4v) is 2.35. The van der Waals surface area contributed by atoms with Crippen molar-refractivity contribution in [2.24, 2.45) is 0 Å². The molecule has 0 N–H and O–H groups in total. The quantitative estimate of drug-likeness (QED) is 0.782. The van der Waals surface area contributed by atoms with Gasteiger partial charge in [0, 0.05) is 5.56 Å². The smallest absolute Gasteiger partial charge is 0.321 e. The van der Waals surface area contributed by atoms with Crippen LogP contribution in [-0.2, 0) is 19.7 Å². The van der Waals surface area contributed by atoms with E-state index in [-0.39, 0.29) is 5.97 Å². The van der Waals surface area contributed by atoms with E-state index in [0.717, 1.165) is 11.3 Å². The summed E-state index contributed by atoms with van der Waals surface area (Å²) in [7, 11) is 3.02. The van der Waals surface area contributed by atoms with Gasteiger partial charge >= 0.3 is 5.97 Å². The third kappa shape index (κ3) is 2.21. The molecule has 0 atom stereocenters. The molecule has 4 nitrogen and oxygen atoms in total. The van der Waals surface area contributed by atoms with Crippen LogP contribution in [0.25, 0.3) is 0 Å². The van der Waals surface area contributed by atoms with Gasteiger partial charge in [-0.05, 0) is 17.5 Å². The molecule has 19 heavy (non-hydrogen) atoms. The zero-order valence-corrected chi connectivity index (χ0v) is 11.9. The number of rotatable bonds is 4. The molecule has 0 bridgehead atoms. The van der Waals surface area contributed by atoms with Gasteiger partial charge in [0.05, 0.1) is 27.4 Å². The summed E-state index contributed by atoms with van der Waals surface area (Å²) in [4.78, 5) is 12.0. The molecule has 0 aromatic heterocycles. The standard InChI is InChI=1S/C15H20O4/c1-10(2)11-5-6-12(13(7-11)17-3)15(8-19-9-15)14(16)18-4/h5-7,10H,8-9H2,1-4H3. The van der Waals surface area contributed by atoms with E-state index in [0.29, 0.717) is 19.1 Å². The molecule has 4 heteroatoms. The summed E-state index contributed by atoms with van der Waals surface area (Å²) in [6, 6.07) is 5.97. The van der Waals surface area contributed by atoms with Crippen molar-refractivity contribution < 1.29 is 19.0 Å². The summed E-state index contributed by atoms with van der Waals surface area (Å²) in [6.45, 7) is 4.93. The number of carbonyl (C=O) groups excluding carboxylic acids is 1. The Morgan fingerprint density at radius 1 is 1.32 bits per heavy atom. The Balaban J connectivity index is 2.46. The molecular formula is C15H20O4. The van der Waals surface area contributed by atoms with Crippen LogP contribution in [0.2, 0.25) is 0 Å². The molecule has 0 saturated carbocycles. The monoisotopic (exact) mass is 264 g/mol. The first-order valence-corrected chi connectivity index (χ1v) is 6.39. The molecule has 2 rings (SSSR count). The molecule has 1 aromatic carbocycles. The number of benzene rings is 1. The first-order chi connectivity index (χ1) is 9.05. The molecular weight excluding hydrogens is 244 g/mol. The third-order valence-corrected chi connectivity index (χ3v) is 3.68. The van der Waals surface area contributed by atoms with Crippen LogP contribution in [0.15, 0.2) is 18.2 Å². The van der Waals surface area contributed by atoms with Crippen molar-refractivity contribution in [3.8, 4) is 5.75 Å². The summed E-state index contributed by atoms with van der Waals surface area (Å²) >= 11 is 0. The zero-order valence-electron chi connectivity index (χ0n) is 11.9. The van der Waals surface area contributed by atoms with Crippen molar-refractivity contribution in [2.45, 2.75) is 25.2 Å². The van der Waals surface area contributed by atoms with Gasteiger partial charge in [-0.2, -0.15) is 0 Å². The Morgan fingerprint density at radius 3 is 2.42 bits per heavy atom. The lowest BCUT2D eigenvalue weighted by Crippen LogP contribution is -2.53. The van der Waals surface area contributed by atoms with E-state index in [2.05, 4.69) is 13.8 Å². The lowest BCUT2D eigenvalue weighted by molar-refractivity contribution is -0.166. The Labute approximate surface area is 113 Å². The van der Waals surface area contributed by atoms with E-state index in [9.17, 15) is 4.79 Å². The van der Waals surface area contributed by atoms with Crippen LogP contribution in [0, 0.1) is 0 Å². The van der Waals surface area contributed by atoms with Gasteiger partial charge in [0.1, 0.15) is 11.2 Å². The summed E-state index contributed by atoms with van der Waals surface area (Å²) in [5, 5.41) is 0. The van der Waals surface area contributed by atoms with Crippen molar-refractivity contribution in [2.75, 3.05) is 27.4 Å². The molecule has 0 radical (unpaired) electrons. The lowest BCUT2D eigenvalue weighted by atomic mass is 9.77. The fraction of sp³-hybridized carbons (Fsp3) is 0.533. The predicted molar refractivity (Wildman–Crippen MR) is 71.6 cm³/mol. The first-order valence-electron chi connectivity index (χ1n) is 6.39. The van der Waals surface area contributed by atoms with Gasteiger partial charge in [-0.15, -0.1) is 0 Å². The second kappa shape index (κ2) is 5.21. The van der Waals surface area contributed by atoms with Crippen LogP contribution in [0.3, 0.4) is 0 Å². The van der Waals surface area contributed by atoms with Gasteiger partial charge < -0.3 is 14.2 Å². The molecule has 0 unspecified atom stereocenters. The maximum atomic E-state index is 12.0. The second-order valence-electron chi connectivity index (χ2n) is 5.18. The highest BCUT2D eigenvalue weighted by atomic mass is 16.5. The van der Waals surface area contributed by atoms with Crippen LogP contribution < -0.4 is 4.74 Å². The van der Waals surface area contributed by atoms with E-state index in [1.54, 1.807) is 7.11 Å². The molecule has 0 aliphatic carbocycles. The Hall–Kier alpha value is -1.55.